The predicted molar refractivity (Wildman–Crippen MR) is 65.5 cm³/mol. The SMILES string of the molecule is O=C([O-])CCC(CC(=O)[O-])CC(=O)[O-].O=C([O-])CCCCC(=O)[O-].[Na+].[Na+].[Na+].[Na+].[Na+]. The normalized spacial score (nSPS) is 8.03. The average molecular weight is 460 g/mol. The van der Waals surface area contributed by atoms with Crippen molar-refractivity contribution in [1.82, 2.24) is 0 Å². The Morgan fingerprint density at radius 2 is 0.759 bits per heavy atom. The van der Waals surface area contributed by atoms with E-state index in [1.165, 1.54) is 0 Å². The van der Waals surface area contributed by atoms with Crippen LogP contribution in [0.1, 0.15) is 51.4 Å². The van der Waals surface area contributed by atoms with Crippen LogP contribution >= 0.6 is 0 Å². The zero-order valence-corrected chi connectivity index (χ0v) is 27.8. The molecule has 0 aliphatic rings. The summed E-state index contributed by atoms with van der Waals surface area (Å²) in [5, 5.41) is 49.9. The Hall–Kier alpha value is 2.35. The molecular formula is C14H17Na5O10. The third kappa shape index (κ3) is 48.8. The maximum atomic E-state index is 10.1. The summed E-state index contributed by atoms with van der Waals surface area (Å²) in [5.41, 5.74) is 0. The second-order valence-corrected chi connectivity index (χ2v) is 4.88. The Morgan fingerprint density at radius 1 is 0.483 bits per heavy atom. The second kappa shape index (κ2) is 32.5. The molecule has 0 fully saturated rings. The number of hydrogen-bond donors (Lipinski definition) is 0. The number of carboxylic acid groups (broad SMARTS) is 5. The first-order chi connectivity index (χ1) is 11.0. The van der Waals surface area contributed by atoms with E-state index in [1.54, 1.807) is 0 Å². The summed E-state index contributed by atoms with van der Waals surface area (Å²) in [7, 11) is 0. The van der Waals surface area contributed by atoms with Crippen LogP contribution in [0.3, 0.4) is 0 Å². The van der Waals surface area contributed by atoms with Gasteiger partial charge in [0.15, 0.2) is 0 Å². The van der Waals surface area contributed by atoms with Gasteiger partial charge < -0.3 is 49.5 Å². The summed E-state index contributed by atoms with van der Waals surface area (Å²) >= 11 is 0. The second-order valence-electron chi connectivity index (χ2n) is 4.88. The molecule has 0 aliphatic heterocycles. The maximum Gasteiger partial charge on any atom is 1.00 e. The number of aliphatic carboxylic acids is 5. The zero-order chi connectivity index (χ0) is 19.1. The van der Waals surface area contributed by atoms with Crippen molar-refractivity contribution >= 4 is 29.8 Å². The fraction of sp³-hybridized carbons (Fsp3) is 0.643. The molecule has 0 amide bonds. The Bertz CT molecular complexity index is 430. The van der Waals surface area contributed by atoms with E-state index in [1.807, 2.05) is 0 Å². The number of unbranched alkanes of at least 4 members (excludes halogenated alkanes) is 1. The Balaban J connectivity index is -0.0000000590. The minimum atomic E-state index is -1.41. The van der Waals surface area contributed by atoms with Gasteiger partial charge in [0.05, 0.1) is 0 Å². The largest absolute Gasteiger partial charge is 1.00 e. The molecule has 0 bridgehead atoms. The van der Waals surface area contributed by atoms with Crippen molar-refractivity contribution in [3.05, 3.63) is 0 Å². The predicted octanol–water partition coefficient (Wildman–Crippen LogP) is -20.5. The summed E-state index contributed by atoms with van der Waals surface area (Å²) < 4.78 is 0. The van der Waals surface area contributed by atoms with E-state index in [2.05, 4.69) is 0 Å². The van der Waals surface area contributed by atoms with Gasteiger partial charge in [-0.15, -0.1) is 0 Å². The van der Waals surface area contributed by atoms with Gasteiger partial charge in [0.25, 0.3) is 0 Å². The quantitative estimate of drug-likeness (QED) is 0.199. The Morgan fingerprint density at radius 3 is 0.966 bits per heavy atom. The molecule has 0 aromatic rings. The van der Waals surface area contributed by atoms with Crippen molar-refractivity contribution < 1.29 is 197 Å². The minimum Gasteiger partial charge on any atom is -0.550 e. The van der Waals surface area contributed by atoms with Crippen molar-refractivity contribution in [3.8, 4) is 0 Å². The fourth-order valence-corrected chi connectivity index (χ4v) is 1.61. The number of carbonyl (C=O) groups is 5. The summed E-state index contributed by atoms with van der Waals surface area (Å²) in [6.07, 6.45) is -0.870. The number of rotatable bonds is 12. The number of carboxylic acids is 5. The summed E-state index contributed by atoms with van der Waals surface area (Å²) in [6, 6.07) is 0. The van der Waals surface area contributed by atoms with Crippen LogP contribution in [0.15, 0.2) is 0 Å². The smallest absolute Gasteiger partial charge is 0.550 e. The molecular weight excluding hydrogens is 443 g/mol. The third-order valence-electron chi connectivity index (χ3n) is 2.68. The molecule has 0 heterocycles. The molecule has 0 unspecified atom stereocenters. The van der Waals surface area contributed by atoms with E-state index < -0.39 is 48.6 Å². The first kappa shape index (κ1) is 48.7. The van der Waals surface area contributed by atoms with Crippen molar-refractivity contribution in [2.45, 2.75) is 51.4 Å². The van der Waals surface area contributed by atoms with Gasteiger partial charge in [-0.25, -0.2) is 0 Å². The van der Waals surface area contributed by atoms with E-state index >= 15 is 0 Å². The van der Waals surface area contributed by atoms with Gasteiger partial charge in [-0.3, -0.25) is 0 Å². The summed E-state index contributed by atoms with van der Waals surface area (Å²) in [5.74, 6) is -7.21. The van der Waals surface area contributed by atoms with E-state index in [4.69, 9.17) is 0 Å². The van der Waals surface area contributed by atoms with Crippen molar-refractivity contribution in [2.24, 2.45) is 5.92 Å². The number of carbonyl (C=O) groups excluding carboxylic acids is 5. The summed E-state index contributed by atoms with van der Waals surface area (Å²) in [4.78, 5) is 49.9. The van der Waals surface area contributed by atoms with Crippen LogP contribution < -0.4 is 173 Å². The topological polar surface area (TPSA) is 201 Å². The van der Waals surface area contributed by atoms with Gasteiger partial charge in [-0.1, -0.05) is 0 Å². The molecule has 10 nitrogen and oxygen atoms in total. The standard InChI is InChI=1S/C8H12O6.C6H10O4.5Na/c9-6(10)2-1-5(3-7(11)12)4-8(13)14;7-5(8)3-1-2-4-6(9)10;;;;;/h5H,1-4H2,(H,9,10)(H,11,12)(H,13,14);1-4H2,(H,7,8)(H,9,10);;;;;/q;;5*+1/p-5. The van der Waals surface area contributed by atoms with Crippen molar-refractivity contribution in [2.75, 3.05) is 0 Å². The van der Waals surface area contributed by atoms with E-state index in [-0.39, 0.29) is 173 Å². The van der Waals surface area contributed by atoms with E-state index in [0.717, 1.165) is 0 Å². The van der Waals surface area contributed by atoms with Crippen LogP contribution in [-0.2, 0) is 24.0 Å². The van der Waals surface area contributed by atoms with Crippen molar-refractivity contribution in [1.29, 1.82) is 0 Å². The Labute approximate surface area is 279 Å². The van der Waals surface area contributed by atoms with E-state index in [9.17, 15) is 49.5 Å². The summed E-state index contributed by atoms with van der Waals surface area (Å²) in [6.45, 7) is 0. The third-order valence-corrected chi connectivity index (χ3v) is 2.68. The van der Waals surface area contributed by atoms with Crippen LogP contribution in [0.4, 0.5) is 0 Å². The number of hydrogen-bond acceptors (Lipinski definition) is 10. The molecule has 0 aromatic carbocycles. The molecule has 0 rings (SSSR count). The molecule has 138 valence electrons. The van der Waals surface area contributed by atoms with Crippen LogP contribution in [-0.4, -0.2) is 29.8 Å². The monoisotopic (exact) mass is 460 g/mol. The molecule has 0 aromatic heterocycles. The first-order valence-corrected chi connectivity index (χ1v) is 7.03. The molecule has 0 saturated heterocycles. The zero-order valence-electron chi connectivity index (χ0n) is 17.8. The van der Waals surface area contributed by atoms with Crippen LogP contribution in [0.2, 0.25) is 0 Å². The fourth-order valence-electron chi connectivity index (χ4n) is 1.61. The van der Waals surface area contributed by atoms with Gasteiger partial charge in [0.2, 0.25) is 0 Å². The van der Waals surface area contributed by atoms with Gasteiger partial charge in [0, 0.05) is 29.8 Å². The molecule has 29 heavy (non-hydrogen) atoms. The van der Waals surface area contributed by atoms with Crippen LogP contribution in [0, 0.1) is 5.92 Å². The molecule has 0 radical (unpaired) electrons. The molecule has 0 aliphatic carbocycles. The minimum absolute atomic E-state index is 0. The van der Waals surface area contributed by atoms with Gasteiger partial charge in [-0.05, 0) is 57.3 Å². The first-order valence-electron chi connectivity index (χ1n) is 7.03. The van der Waals surface area contributed by atoms with Gasteiger partial charge in [0.1, 0.15) is 0 Å². The van der Waals surface area contributed by atoms with Crippen LogP contribution in [0.25, 0.3) is 0 Å². The van der Waals surface area contributed by atoms with E-state index in [0.29, 0.717) is 12.8 Å². The van der Waals surface area contributed by atoms with Gasteiger partial charge >= 0.3 is 148 Å². The van der Waals surface area contributed by atoms with Crippen molar-refractivity contribution in [3.63, 3.8) is 0 Å². The molecule has 0 saturated carbocycles. The maximum absolute atomic E-state index is 10.1. The molecule has 15 heteroatoms. The molecule has 0 N–H and O–H groups in total. The van der Waals surface area contributed by atoms with Gasteiger partial charge in [-0.2, -0.15) is 0 Å². The molecule has 0 atom stereocenters. The van der Waals surface area contributed by atoms with Crippen LogP contribution in [0.5, 0.6) is 0 Å². The Kier molecular flexibility index (Phi) is 54.6. The molecule has 0 spiro atoms. The average Bonchev–Trinajstić information content (AvgIpc) is 2.40.